The van der Waals surface area contributed by atoms with Crippen molar-refractivity contribution in [1.29, 1.82) is 0 Å². The smallest absolute Gasteiger partial charge is 0.324 e. The van der Waals surface area contributed by atoms with Gasteiger partial charge in [0.2, 0.25) is 5.95 Å². The van der Waals surface area contributed by atoms with Crippen LogP contribution in [0, 0.1) is 0 Å². The monoisotopic (exact) mass is 394 g/mol. The zero-order valence-electron chi connectivity index (χ0n) is 17.7. The number of hydrogen-bond acceptors (Lipinski definition) is 5. The Morgan fingerprint density at radius 3 is 2.69 bits per heavy atom. The van der Waals surface area contributed by atoms with Crippen molar-refractivity contribution in [1.82, 2.24) is 15.0 Å². The van der Waals surface area contributed by atoms with Crippen LogP contribution in [0.4, 0.5) is 27.9 Å². The number of nitrogens with zero attached hydrogens (tertiary/aromatic N) is 5. The summed E-state index contributed by atoms with van der Waals surface area (Å²) in [5.41, 5.74) is 2.99. The molecule has 0 atom stereocenters. The number of benzene rings is 1. The second-order valence-corrected chi connectivity index (χ2v) is 8.15. The van der Waals surface area contributed by atoms with E-state index in [9.17, 15) is 4.79 Å². The van der Waals surface area contributed by atoms with Crippen molar-refractivity contribution in [3.8, 4) is 0 Å². The fourth-order valence-corrected chi connectivity index (χ4v) is 4.23. The van der Waals surface area contributed by atoms with Crippen LogP contribution in [0.25, 0.3) is 0 Å². The van der Waals surface area contributed by atoms with E-state index < -0.39 is 0 Å². The quantitative estimate of drug-likeness (QED) is 0.781. The summed E-state index contributed by atoms with van der Waals surface area (Å²) in [5.74, 6) is 1.81. The third-order valence-electron chi connectivity index (χ3n) is 5.88. The number of nitrogens with one attached hydrogen (secondary N) is 1. The summed E-state index contributed by atoms with van der Waals surface area (Å²) in [7, 11) is 1.79. The van der Waals surface area contributed by atoms with Gasteiger partial charge in [-0.3, -0.25) is 9.91 Å². The molecule has 2 heterocycles. The van der Waals surface area contributed by atoms with Gasteiger partial charge in [0, 0.05) is 19.3 Å². The second kappa shape index (κ2) is 7.89. The van der Waals surface area contributed by atoms with Crippen molar-refractivity contribution in [2.45, 2.75) is 58.4 Å². The van der Waals surface area contributed by atoms with Crippen molar-refractivity contribution < 1.29 is 4.79 Å². The molecule has 7 nitrogen and oxygen atoms in total. The molecule has 0 spiro atoms. The highest BCUT2D eigenvalue weighted by Crippen LogP contribution is 2.38. The molecule has 154 valence electrons. The summed E-state index contributed by atoms with van der Waals surface area (Å²) in [6.45, 7) is 6.99. The molecule has 1 saturated carbocycles. The Balaban J connectivity index is 1.71. The van der Waals surface area contributed by atoms with Crippen molar-refractivity contribution in [3.63, 3.8) is 0 Å². The van der Waals surface area contributed by atoms with Crippen molar-refractivity contribution in [2.75, 3.05) is 28.8 Å². The molecule has 4 rings (SSSR count). The van der Waals surface area contributed by atoms with Crippen molar-refractivity contribution in [2.24, 2.45) is 0 Å². The lowest BCUT2D eigenvalue weighted by atomic mass is 10.0. The molecule has 1 aliphatic heterocycles. The summed E-state index contributed by atoms with van der Waals surface area (Å²) >= 11 is 0. The number of hydrogen-bond donors (Lipinski definition) is 1. The van der Waals surface area contributed by atoms with Crippen LogP contribution in [0.15, 0.2) is 30.5 Å². The number of anilines is 4. The molecular weight excluding hydrogens is 364 g/mol. The lowest BCUT2D eigenvalue weighted by Crippen LogP contribution is -2.59. The average molecular weight is 395 g/mol. The molecule has 2 amide bonds. The number of urea groups is 1. The lowest BCUT2D eigenvalue weighted by molar-refractivity contribution is 0.191. The Morgan fingerprint density at radius 1 is 1.24 bits per heavy atom. The van der Waals surface area contributed by atoms with Gasteiger partial charge in [-0.05, 0) is 43.4 Å². The van der Waals surface area contributed by atoms with E-state index in [0.717, 1.165) is 30.0 Å². The van der Waals surface area contributed by atoms with Crippen LogP contribution in [0.2, 0.25) is 0 Å². The Labute approximate surface area is 172 Å². The zero-order valence-corrected chi connectivity index (χ0v) is 17.7. The van der Waals surface area contributed by atoms with Gasteiger partial charge >= 0.3 is 6.03 Å². The zero-order chi connectivity index (χ0) is 20.5. The molecule has 7 heteroatoms. The standard InChI is InChI=1S/C22H30N6O/c1-5-27-22(29)26(4)19-14-23-21(24-17-10-8-9-16(13-17)15(2)3)25-20(19)28(27)18-11-6-7-12-18/h8-10,13-15,18H,5-7,11-12H2,1-4H3,(H,23,24,25). The highest BCUT2D eigenvalue weighted by atomic mass is 16.2. The summed E-state index contributed by atoms with van der Waals surface area (Å²) in [5, 5.41) is 7.28. The molecule has 2 aromatic rings. The van der Waals surface area contributed by atoms with Crippen molar-refractivity contribution in [3.05, 3.63) is 36.0 Å². The molecule has 0 saturated heterocycles. The Kier molecular flexibility index (Phi) is 5.30. The third-order valence-corrected chi connectivity index (χ3v) is 5.88. The predicted molar refractivity (Wildman–Crippen MR) is 117 cm³/mol. The van der Waals surface area contributed by atoms with E-state index in [1.54, 1.807) is 18.1 Å². The van der Waals surface area contributed by atoms with E-state index in [-0.39, 0.29) is 6.03 Å². The van der Waals surface area contributed by atoms with Crippen molar-refractivity contribution >= 4 is 29.2 Å². The van der Waals surface area contributed by atoms with E-state index in [1.807, 2.05) is 24.1 Å². The maximum absolute atomic E-state index is 12.9. The van der Waals surface area contributed by atoms with Crippen LogP contribution in [-0.4, -0.2) is 40.6 Å². The topological polar surface area (TPSA) is 64.6 Å². The van der Waals surface area contributed by atoms with Gasteiger partial charge in [-0.25, -0.2) is 14.8 Å². The molecular formula is C22H30N6O. The first-order valence-corrected chi connectivity index (χ1v) is 10.6. The molecule has 1 aromatic carbocycles. The van der Waals surface area contributed by atoms with E-state index in [2.05, 4.69) is 41.3 Å². The molecule has 0 unspecified atom stereocenters. The Bertz CT molecular complexity index is 893. The number of carbonyl (C=O) groups excluding carboxylic acids is 1. The number of carbonyl (C=O) groups is 1. The predicted octanol–water partition coefficient (Wildman–Crippen LogP) is 4.90. The number of aromatic nitrogens is 2. The number of amides is 2. The van der Waals surface area contributed by atoms with E-state index in [0.29, 0.717) is 24.5 Å². The van der Waals surface area contributed by atoms with Gasteiger partial charge in [-0.2, -0.15) is 4.98 Å². The maximum Gasteiger partial charge on any atom is 0.343 e. The normalized spacial score (nSPS) is 17.3. The summed E-state index contributed by atoms with van der Waals surface area (Å²) in [6.07, 6.45) is 6.29. The van der Waals surface area contributed by atoms with Gasteiger partial charge in [0.05, 0.1) is 12.2 Å². The molecule has 1 N–H and O–H groups in total. The van der Waals surface area contributed by atoms with Crippen LogP contribution in [0.3, 0.4) is 0 Å². The van der Waals surface area contributed by atoms with Crippen LogP contribution in [0.1, 0.15) is 57.9 Å². The number of fused-ring (bicyclic) bond motifs is 1. The molecule has 29 heavy (non-hydrogen) atoms. The highest BCUT2D eigenvalue weighted by Gasteiger charge is 2.39. The van der Waals surface area contributed by atoms with E-state index in [4.69, 9.17) is 4.98 Å². The third kappa shape index (κ3) is 3.61. The van der Waals surface area contributed by atoms with Gasteiger partial charge < -0.3 is 5.32 Å². The fourth-order valence-electron chi connectivity index (χ4n) is 4.23. The van der Waals surface area contributed by atoms with E-state index >= 15 is 0 Å². The Hall–Kier alpha value is -2.83. The van der Waals surface area contributed by atoms with Gasteiger partial charge in [0.15, 0.2) is 5.82 Å². The average Bonchev–Trinajstić information content (AvgIpc) is 3.25. The number of rotatable bonds is 5. The molecule has 1 aromatic heterocycles. The molecule has 0 radical (unpaired) electrons. The minimum atomic E-state index is -0.0270. The molecule has 1 fully saturated rings. The summed E-state index contributed by atoms with van der Waals surface area (Å²) < 4.78 is 0. The first kappa shape index (κ1) is 19.5. The maximum atomic E-state index is 12.9. The minimum absolute atomic E-state index is 0.0270. The van der Waals surface area contributed by atoms with Crippen LogP contribution in [0.5, 0.6) is 0 Å². The van der Waals surface area contributed by atoms with E-state index in [1.165, 1.54) is 18.4 Å². The van der Waals surface area contributed by atoms with Crippen LogP contribution in [-0.2, 0) is 0 Å². The summed E-state index contributed by atoms with van der Waals surface area (Å²) in [6, 6.07) is 8.62. The van der Waals surface area contributed by atoms with Crippen LogP contribution < -0.4 is 15.2 Å². The first-order chi connectivity index (χ1) is 14.0. The largest absolute Gasteiger partial charge is 0.343 e. The number of hydrazine groups is 1. The first-order valence-electron chi connectivity index (χ1n) is 10.6. The van der Waals surface area contributed by atoms with Crippen LogP contribution >= 0.6 is 0 Å². The van der Waals surface area contributed by atoms with Gasteiger partial charge in [-0.15, -0.1) is 0 Å². The van der Waals surface area contributed by atoms with Gasteiger partial charge in [-0.1, -0.05) is 38.8 Å². The SMILES string of the molecule is CCN1C(=O)N(C)c2cnc(Nc3cccc(C(C)C)c3)nc2N1C1CCCC1. The second-order valence-electron chi connectivity index (χ2n) is 8.15. The molecule has 2 aliphatic rings. The molecule has 1 aliphatic carbocycles. The van der Waals surface area contributed by atoms with Gasteiger partial charge in [0.1, 0.15) is 5.69 Å². The minimum Gasteiger partial charge on any atom is -0.324 e. The summed E-state index contributed by atoms with van der Waals surface area (Å²) in [4.78, 5) is 23.9. The highest BCUT2D eigenvalue weighted by molar-refractivity contribution is 5.98. The lowest BCUT2D eigenvalue weighted by Gasteiger charge is -2.45. The fraction of sp³-hybridized carbons (Fsp3) is 0.500. The Morgan fingerprint density at radius 2 is 2.00 bits per heavy atom. The molecule has 0 bridgehead atoms. The van der Waals surface area contributed by atoms with Gasteiger partial charge in [0.25, 0.3) is 0 Å².